The zero-order valence-electron chi connectivity index (χ0n) is 9.16. The maximum atomic E-state index is 10.7. The highest BCUT2D eigenvalue weighted by Crippen LogP contribution is 2.29. The predicted molar refractivity (Wildman–Crippen MR) is 64.6 cm³/mol. The Kier molecular flexibility index (Phi) is 4.76. The number of rotatable bonds is 5. The summed E-state index contributed by atoms with van der Waals surface area (Å²) in [6, 6.07) is 5.60. The lowest BCUT2D eigenvalue weighted by Crippen LogP contribution is -2.24. The molecule has 0 aromatic heterocycles. The first-order valence-corrected chi connectivity index (χ1v) is 5.67. The summed E-state index contributed by atoms with van der Waals surface area (Å²) >= 11 is 3.35. The van der Waals surface area contributed by atoms with E-state index in [1.54, 1.807) is 0 Å². The molecule has 0 spiro atoms. The van der Waals surface area contributed by atoms with E-state index in [9.17, 15) is 4.79 Å². The van der Waals surface area contributed by atoms with Crippen molar-refractivity contribution in [1.29, 1.82) is 0 Å². The van der Waals surface area contributed by atoms with Gasteiger partial charge in [-0.05, 0) is 36.0 Å². The van der Waals surface area contributed by atoms with Crippen LogP contribution in [0.25, 0.3) is 0 Å². The van der Waals surface area contributed by atoms with Crippen LogP contribution in [0.15, 0.2) is 22.7 Å². The summed E-state index contributed by atoms with van der Waals surface area (Å²) in [5.41, 5.74) is 0.921. The number of para-hydroxylation sites is 1. The Hall–Kier alpha value is -1.07. The second-order valence-corrected chi connectivity index (χ2v) is 4.21. The monoisotopic (exact) mass is 287 g/mol. The Labute approximate surface area is 103 Å². The van der Waals surface area contributed by atoms with Crippen LogP contribution < -0.4 is 10.1 Å². The van der Waals surface area contributed by atoms with Crippen LogP contribution in [0, 0.1) is 0 Å². The first-order valence-electron chi connectivity index (χ1n) is 4.87. The van der Waals surface area contributed by atoms with Crippen molar-refractivity contribution in [2.45, 2.75) is 19.6 Å². The van der Waals surface area contributed by atoms with E-state index in [-0.39, 0.29) is 0 Å². The van der Waals surface area contributed by atoms with Gasteiger partial charge in [0.2, 0.25) is 0 Å². The number of hydrogen-bond donors (Lipinski definition) is 2. The van der Waals surface area contributed by atoms with Crippen molar-refractivity contribution in [3.05, 3.63) is 28.2 Å². The third kappa shape index (κ3) is 3.21. The van der Waals surface area contributed by atoms with Crippen LogP contribution in [0.4, 0.5) is 0 Å². The average Bonchev–Trinajstić information content (AvgIpc) is 2.23. The van der Waals surface area contributed by atoms with Crippen LogP contribution in [0.5, 0.6) is 5.75 Å². The van der Waals surface area contributed by atoms with Crippen molar-refractivity contribution in [1.82, 2.24) is 5.32 Å². The lowest BCUT2D eigenvalue weighted by molar-refractivity contribution is -0.144. The van der Waals surface area contributed by atoms with Crippen LogP contribution in [0.1, 0.15) is 12.5 Å². The van der Waals surface area contributed by atoms with Crippen LogP contribution >= 0.6 is 15.9 Å². The Morgan fingerprint density at radius 3 is 2.88 bits per heavy atom. The molecule has 0 amide bonds. The highest BCUT2D eigenvalue weighted by atomic mass is 79.9. The van der Waals surface area contributed by atoms with Gasteiger partial charge in [0, 0.05) is 12.1 Å². The maximum absolute atomic E-state index is 10.7. The number of benzene rings is 1. The molecule has 1 aromatic carbocycles. The Balaban J connectivity index is 2.96. The van der Waals surface area contributed by atoms with Gasteiger partial charge in [-0.1, -0.05) is 12.1 Å². The van der Waals surface area contributed by atoms with Gasteiger partial charge in [0.15, 0.2) is 6.10 Å². The van der Waals surface area contributed by atoms with E-state index in [0.717, 1.165) is 10.0 Å². The average molecular weight is 288 g/mol. The van der Waals surface area contributed by atoms with Gasteiger partial charge in [-0.2, -0.15) is 0 Å². The summed E-state index contributed by atoms with van der Waals surface area (Å²) in [5.74, 6) is -0.405. The molecule has 2 N–H and O–H groups in total. The number of hydrogen-bond acceptors (Lipinski definition) is 3. The van der Waals surface area contributed by atoms with E-state index < -0.39 is 12.1 Å². The zero-order valence-corrected chi connectivity index (χ0v) is 10.7. The number of carboxylic acids is 1. The molecule has 0 radical (unpaired) electrons. The quantitative estimate of drug-likeness (QED) is 0.870. The smallest absolute Gasteiger partial charge is 0.344 e. The maximum Gasteiger partial charge on any atom is 0.344 e. The number of carboxylic acid groups (broad SMARTS) is 1. The molecule has 1 unspecified atom stereocenters. The fraction of sp³-hybridized carbons (Fsp3) is 0.364. The highest BCUT2D eigenvalue weighted by molar-refractivity contribution is 9.10. The van der Waals surface area contributed by atoms with Crippen LogP contribution in [-0.2, 0) is 11.3 Å². The molecule has 5 heteroatoms. The third-order valence-corrected chi connectivity index (χ3v) is 2.68. The van der Waals surface area contributed by atoms with Crippen molar-refractivity contribution < 1.29 is 14.6 Å². The molecule has 1 aromatic rings. The lowest BCUT2D eigenvalue weighted by Gasteiger charge is -2.15. The summed E-state index contributed by atoms with van der Waals surface area (Å²) < 4.78 is 6.16. The van der Waals surface area contributed by atoms with Crippen molar-refractivity contribution >= 4 is 21.9 Å². The van der Waals surface area contributed by atoms with Gasteiger partial charge < -0.3 is 15.2 Å². The van der Waals surface area contributed by atoms with Gasteiger partial charge in [-0.3, -0.25) is 0 Å². The van der Waals surface area contributed by atoms with E-state index in [1.807, 2.05) is 25.2 Å². The summed E-state index contributed by atoms with van der Waals surface area (Å²) in [6.07, 6.45) is -0.866. The van der Waals surface area contributed by atoms with Gasteiger partial charge in [0.05, 0.1) is 4.47 Å². The van der Waals surface area contributed by atoms with Gasteiger partial charge in [-0.15, -0.1) is 0 Å². The molecule has 88 valence electrons. The fourth-order valence-electron chi connectivity index (χ4n) is 1.24. The van der Waals surface area contributed by atoms with Crippen LogP contribution in [0.3, 0.4) is 0 Å². The van der Waals surface area contributed by atoms with Gasteiger partial charge in [-0.25, -0.2) is 4.79 Å². The topological polar surface area (TPSA) is 58.6 Å². The second-order valence-electron chi connectivity index (χ2n) is 3.36. The van der Waals surface area contributed by atoms with Crippen molar-refractivity contribution in [3.63, 3.8) is 0 Å². The van der Waals surface area contributed by atoms with Crippen molar-refractivity contribution in [2.75, 3.05) is 7.05 Å². The third-order valence-electron chi connectivity index (χ3n) is 2.06. The number of aliphatic carboxylic acids is 1. The standard InChI is InChI=1S/C11H14BrNO3/c1-7(11(14)15)16-10-8(6-13-2)4-3-5-9(10)12/h3-5,7,13H,6H2,1-2H3,(H,14,15). The van der Waals surface area contributed by atoms with E-state index in [4.69, 9.17) is 9.84 Å². The molecule has 0 aliphatic carbocycles. The molecule has 4 nitrogen and oxygen atoms in total. The minimum absolute atomic E-state index is 0.576. The molecule has 0 bridgehead atoms. The van der Waals surface area contributed by atoms with Crippen molar-refractivity contribution in [3.8, 4) is 5.75 Å². The molecule has 0 heterocycles. The Morgan fingerprint density at radius 2 is 2.31 bits per heavy atom. The van der Waals surface area contributed by atoms with E-state index in [0.29, 0.717) is 12.3 Å². The number of ether oxygens (including phenoxy) is 1. The van der Waals surface area contributed by atoms with E-state index in [2.05, 4.69) is 21.2 Å². The molecule has 0 fully saturated rings. The summed E-state index contributed by atoms with van der Waals surface area (Å²) in [7, 11) is 1.82. The second kappa shape index (κ2) is 5.86. The van der Waals surface area contributed by atoms with Gasteiger partial charge >= 0.3 is 5.97 Å². The largest absolute Gasteiger partial charge is 0.479 e. The molecule has 1 atom stereocenters. The van der Waals surface area contributed by atoms with Gasteiger partial charge in [0.1, 0.15) is 5.75 Å². The molecule has 1 rings (SSSR count). The SMILES string of the molecule is CNCc1cccc(Br)c1OC(C)C(=O)O. The predicted octanol–water partition coefficient (Wildman–Crippen LogP) is 2.02. The molecular weight excluding hydrogens is 274 g/mol. The van der Waals surface area contributed by atoms with E-state index >= 15 is 0 Å². The summed E-state index contributed by atoms with van der Waals surface area (Å²) in [5, 5.41) is 11.8. The molecule has 0 aliphatic heterocycles. The molecule has 16 heavy (non-hydrogen) atoms. The fourth-order valence-corrected chi connectivity index (χ4v) is 1.74. The minimum Gasteiger partial charge on any atom is -0.479 e. The van der Waals surface area contributed by atoms with Crippen LogP contribution in [0.2, 0.25) is 0 Å². The zero-order chi connectivity index (χ0) is 12.1. The highest BCUT2D eigenvalue weighted by Gasteiger charge is 2.16. The molecule has 0 saturated carbocycles. The molecule has 0 aliphatic rings. The first kappa shape index (κ1) is 13.0. The summed E-state index contributed by atoms with van der Waals surface area (Å²) in [4.78, 5) is 10.7. The van der Waals surface area contributed by atoms with Gasteiger partial charge in [0.25, 0.3) is 0 Å². The summed E-state index contributed by atoms with van der Waals surface area (Å²) in [6.45, 7) is 2.13. The Morgan fingerprint density at radius 1 is 1.62 bits per heavy atom. The van der Waals surface area contributed by atoms with E-state index in [1.165, 1.54) is 6.92 Å². The Bertz CT molecular complexity index is 381. The number of nitrogens with one attached hydrogen (secondary N) is 1. The number of carbonyl (C=O) groups is 1. The first-order chi connectivity index (χ1) is 7.56. The normalized spacial score (nSPS) is 12.2. The molecular formula is C11H14BrNO3. The number of halogens is 1. The lowest BCUT2D eigenvalue weighted by atomic mass is 10.2. The van der Waals surface area contributed by atoms with Crippen molar-refractivity contribution in [2.24, 2.45) is 0 Å². The minimum atomic E-state index is -0.980. The van der Waals surface area contributed by atoms with Crippen LogP contribution in [-0.4, -0.2) is 24.2 Å². The molecule has 0 saturated heterocycles.